The minimum absolute atomic E-state index is 0.0331. The molecule has 6 heteroatoms. The maximum absolute atomic E-state index is 12.0. The molecule has 1 unspecified atom stereocenters. The van der Waals surface area contributed by atoms with E-state index in [2.05, 4.69) is 34.5 Å². The van der Waals surface area contributed by atoms with E-state index in [-0.39, 0.29) is 5.91 Å². The highest BCUT2D eigenvalue weighted by Crippen LogP contribution is 2.33. The van der Waals surface area contributed by atoms with Crippen molar-refractivity contribution in [3.05, 3.63) is 41.0 Å². The molecule has 1 aliphatic rings. The molecule has 0 radical (unpaired) electrons. The lowest BCUT2D eigenvalue weighted by atomic mass is 9.98. The fourth-order valence-corrected chi connectivity index (χ4v) is 3.76. The third-order valence-electron chi connectivity index (χ3n) is 5.06. The molecule has 0 saturated carbocycles. The van der Waals surface area contributed by atoms with Crippen molar-refractivity contribution in [1.82, 2.24) is 24.6 Å². The topological polar surface area (TPSA) is 55.1 Å². The standard InChI is InChI=1S/C18H27N5O/c1-13-14(11-21(3)20-13)12-23-10-6-5-7-16(23)15-8-9-17(22(15)4)18(24)19-2/h8-9,11,16H,5-7,10,12H2,1-4H3,(H,19,24). The molecule has 2 aromatic heterocycles. The minimum Gasteiger partial charge on any atom is -0.354 e. The number of piperidine rings is 1. The third kappa shape index (κ3) is 3.11. The zero-order valence-electron chi connectivity index (χ0n) is 15.0. The van der Waals surface area contributed by atoms with Gasteiger partial charge in [0.15, 0.2) is 0 Å². The number of nitrogens with one attached hydrogen (secondary N) is 1. The average molecular weight is 329 g/mol. The van der Waals surface area contributed by atoms with E-state index in [1.165, 1.54) is 24.1 Å². The van der Waals surface area contributed by atoms with Crippen LogP contribution in [0.15, 0.2) is 18.3 Å². The number of carbonyl (C=O) groups excluding carboxylic acids is 1. The van der Waals surface area contributed by atoms with Crippen molar-refractivity contribution in [3.8, 4) is 0 Å². The Hall–Kier alpha value is -2.08. The summed E-state index contributed by atoms with van der Waals surface area (Å²) in [6.45, 7) is 4.06. The molecule has 3 rings (SSSR count). The molecule has 6 nitrogen and oxygen atoms in total. The first-order chi connectivity index (χ1) is 11.5. The normalized spacial score (nSPS) is 18.8. The first kappa shape index (κ1) is 16.8. The summed E-state index contributed by atoms with van der Waals surface area (Å²) < 4.78 is 3.92. The lowest BCUT2D eigenvalue weighted by molar-refractivity contribution is 0.0952. The van der Waals surface area contributed by atoms with Crippen LogP contribution in [0.25, 0.3) is 0 Å². The Labute approximate surface area is 143 Å². The number of amides is 1. The van der Waals surface area contributed by atoms with Crippen LogP contribution in [0.2, 0.25) is 0 Å². The van der Waals surface area contributed by atoms with E-state index in [0.717, 1.165) is 30.9 Å². The van der Waals surface area contributed by atoms with Gasteiger partial charge in [0, 0.05) is 45.1 Å². The summed E-state index contributed by atoms with van der Waals surface area (Å²) in [5.74, 6) is -0.0331. The van der Waals surface area contributed by atoms with Gasteiger partial charge in [-0.25, -0.2) is 0 Å². The lowest BCUT2D eigenvalue weighted by Gasteiger charge is -2.36. The Kier molecular flexibility index (Phi) is 4.76. The molecule has 130 valence electrons. The van der Waals surface area contributed by atoms with E-state index in [4.69, 9.17) is 0 Å². The van der Waals surface area contributed by atoms with Gasteiger partial charge in [-0.15, -0.1) is 0 Å². The van der Waals surface area contributed by atoms with Crippen LogP contribution in [-0.4, -0.2) is 38.7 Å². The first-order valence-corrected chi connectivity index (χ1v) is 8.62. The summed E-state index contributed by atoms with van der Waals surface area (Å²) in [5, 5.41) is 7.18. The second-order valence-electron chi connectivity index (χ2n) is 6.68. The quantitative estimate of drug-likeness (QED) is 0.935. The predicted octanol–water partition coefficient (Wildman–Crippen LogP) is 2.15. The summed E-state index contributed by atoms with van der Waals surface area (Å²) in [5.41, 5.74) is 4.32. The van der Waals surface area contributed by atoms with E-state index in [1.807, 2.05) is 29.4 Å². The largest absolute Gasteiger partial charge is 0.354 e. The van der Waals surface area contributed by atoms with Crippen LogP contribution in [0, 0.1) is 6.92 Å². The number of aryl methyl sites for hydroxylation is 2. The molecule has 0 spiro atoms. The van der Waals surface area contributed by atoms with Gasteiger partial charge in [0.25, 0.3) is 5.91 Å². The van der Waals surface area contributed by atoms with Crippen LogP contribution in [0.4, 0.5) is 0 Å². The van der Waals surface area contributed by atoms with Crippen molar-refractivity contribution in [3.63, 3.8) is 0 Å². The van der Waals surface area contributed by atoms with Gasteiger partial charge < -0.3 is 9.88 Å². The fraction of sp³-hybridized carbons (Fsp3) is 0.556. The zero-order chi connectivity index (χ0) is 17.3. The van der Waals surface area contributed by atoms with Gasteiger partial charge in [0.05, 0.1) is 11.7 Å². The Bertz CT molecular complexity index is 730. The second kappa shape index (κ2) is 6.81. The van der Waals surface area contributed by atoms with Gasteiger partial charge >= 0.3 is 0 Å². The van der Waals surface area contributed by atoms with Gasteiger partial charge in [0.2, 0.25) is 0 Å². The van der Waals surface area contributed by atoms with Crippen molar-refractivity contribution in [2.75, 3.05) is 13.6 Å². The summed E-state index contributed by atoms with van der Waals surface area (Å²) >= 11 is 0. The van der Waals surface area contributed by atoms with Crippen LogP contribution < -0.4 is 5.32 Å². The maximum Gasteiger partial charge on any atom is 0.267 e. The van der Waals surface area contributed by atoms with Crippen molar-refractivity contribution < 1.29 is 4.79 Å². The predicted molar refractivity (Wildman–Crippen MR) is 93.8 cm³/mol. The van der Waals surface area contributed by atoms with Crippen molar-refractivity contribution in [2.45, 2.75) is 38.8 Å². The van der Waals surface area contributed by atoms with Gasteiger partial charge in [-0.3, -0.25) is 14.4 Å². The number of carbonyl (C=O) groups is 1. The molecule has 1 saturated heterocycles. The highest BCUT2D eigenvalue weighted by atomic mass is 16.1. The van der Waals surface area contributed by atoms with Crippen LogP contribution in [0.1, 0.15) is 52.7 Å². The number of likely N-dealkylation sites (tertiary alicyclic amines) is 1. The van der Waals surface area contributed by atoms with Crippen molar-refractivity contribution in [2.24, 2.45) is 14.1 Å². The van der Waals surface area contributed by atoms with Gasteiger partial charge in [0.1, 0.15) is 5.69 Å². The third-order valence-corrected chi connectivity index (χ3v) is 5.06. The molecule has 1 atom stereocenters. The summed E-state index contributed by atoms with van der Waals surface area (Å²) in [4.78, 5) is 14.5. The molecule has 1 N–H and O–H groups in total. The number of aromatic nitrogens is 3. The van der Waals surface area contributed by atoms with Gasteiger partial charge in [-0.1, -0.05) is 6.42 Å². The zero-order valence-corrected chi connectivity index (χ0v) is 15.0. The molecule has 24 heavy (non-hydrogen) atoms. The number of hydrogen-bond acceptors (Lipinski definition) is 3. The average Bonchev–Trinajstić information content (AvgIpc) is 3.09. The summed E-state index contributed by atoms with van der Waals surface area (Å²) in [7, 11) is 5.63. The second-order valence-corrected chi connectivity index (χ2v) is 6.68. The lowest BCUT2D eigenvalue weighted by Crippen LogP contribution is -2.34. The van der Waals surface area contributed by atoms with Crippen LogP contribution in [-0.2, 0) is 20.6 Å². The number of hydrogen-bond donors (Lipinski definition) is 1. The molecule has 3 heterocycles. The van der Waals surface area contributed by atoms with Crippen molar-refractivity contribution >= 4 is 5.91 Å². The van der Waals surface area contributed by atoms with Gasteiger partial charge in [-0.2, -0.15) is 5.10 Å². The van der Waals surface area contributed by atoms with E-state index >= 15 is 0 Å². The molecular formula is C18H27N5O. The molecule has 0 aromatic carbocycles. The fourth-order valence-electron chi connectivity index (χ4n) is 3.76. The van der Waals surface area contributed by atoms with Crippen LogP contribution in [0.3, 0.4) is 0 Å². The Morgan fingerprint density at radius 3 is 2.79 bits per heavy atom. The van der Waals surface area contributed by atoms with Crippen LogP contribution in [0.5, 0.6) is 0 Å². The summed E-state index contributed by atoms with van der Waals surface area (Å²) in [6, 6.07) is 4.38. The maximum atomic E-state index is 12.0. The smallest absolute Gasteiger partial charge is 0.267 e. The number of rotatable bonds is 4. The Balaban J connectivity index is 1.86. The molecule has 0 aliphatic carbocycles. The van der Waals surface area contributed by atoms with Crippen LogP contribution >= 0.6 is 0 Å². The van der Waals surface area contributed by atoms with E-state index in [1.54, 1.807) is 7.05 Å². The highest BCUT2D eigenvalue weighted by molar-refractivity contribution is 5.92. The molecule has 0 bridgehead atoms. The highest BCUT2D eigenvalue weighted by Gasteiger charge is 2.28. The van der Waals surface area contributed by atoms with Crippen molar-refractivity contribution in [1.29, 1.82) is 0 Å². The number of nitrogens with zero attached hydrogens (tertiary/aromatic N) is 4. The Morgan fingerprint density at radius 1 is 1.33 bits per heavy atom. The molecule has 1 fully saturated rings. The van der Waals surface area contributed by atoms with E-state index in [9.17, 15) is 4.79 Å². The molecule has 1 aliphatic heterocycles. The minimum atomic E-state index is -0.0331. The molecular weight excluding hydrogens is 302 g/mol. The SMILES string of the molecule is CNC(=O)c1ccc(C2CCCCN2Cc2cn(C)nc2C)n1C. The van der Waals surface area contributed by atoms with E-state index in [0.29, 0.717) is 6.04 Å². The Morgan fingerprint density at radius 2 is 2.12 bits per heavy atom. The van der Waals surface area contributed by atoms with E-state index < -0.39 is 0 Å². The molecule has 1 amide bonds. The first-order valence-electron chi connectivity index (χ1n) is 8.62. The van der Waals surface area contributed by atoms with Gasteiger partial charge in [-0.05, 0) is 38.4 Å². The monoisotopic (exact) mass is 329 g/mol. The molecule has 2 aromatic rings. The summed E-state index contributed by atoms with van der Waals surface area (Å²) in [6.07, 6.45) is 5.70.